The quantitative estimate of drug-likeness (QED) is 0.859. The summed E-state index contributed by atoms with van der Waals surface area (Å²) in [6, 6.07) is 8.47. The van der Waals surface area contributed by atoms with Gasteiger partial charge in [0.25, 0.3) is 0 Å². The number of nitrogens with one attached hydrogen (secondary N) is 1. The zero-order chi connectivity index (χ0) is 10.7. The molecule has 1 N–H and O–H groups in total. The van der Waals surface area contributed by atoms with Crippen molar-refractivity contribution in [3.63, 3.8) is 0 Å². The average molecular weight is 219 g/mol. The zero-order valence-corrected chi connectivity index (χ0v) is 9.58. The molecule has 0 aliphatic heterocycles. The lowest BCUT2D eigenvalue weighted by atomic mass is 10.00. The molecule has 1 heterocycles. The number of rotatable bonds is 3. The van der Waals surface area contributed by atoms with Crippen molar-refractivity contribution in [2.75, 3.05) is 7.05 Å². The Morgan fingerprint density at radius 3 is 2.73 bits per heavy atom. The van der Waals surface area contributed by atoms with Gasteiger partial charge in [-0.15, -0.1) is 5.10 Å². The Hall–Kier alpha value is -1.26. The Labute approximate surface area is 93.3 Å². The molecule has 0 aliphatic rings. The molecular weight excluding hydrogens is 206 g/mol. The summed E-state index contributed by atoms with van der Waals surface area (Å²) in [4.78, 5) is 0. The van der Waals surface area contributed by atoms with Crippen molar-refractivity contribution >= 4 is 11.5 Å². The van der Waals surface area contributed by atoms with E-state index in [0.717, 1.165) is 5.69 Å². The summed E-state index contributed by atoms with van der Waals surface area (Å²) in [7, 11) is 1.94. The first-order valence-electron chi connectivity index (χ1n) is 4.82. The van der Waals surface area contributed by atoms with Crippen molar-refractivity contribution in [2.45, 2.75) is 13.0 Å². The van der Waals surface area contributed by atoms with Crippen LogP contribution in [0, 0.1) is 6.92 Å². The van der Waals surface area contributed by atoms with E-state index < -0.39 is 0 Å². The Bertz CT molecular complexity index is 425. The van der Waals surface area contributed by atoms with Gasteiger partial charge in [-0.05, 0) is 36.6 Å². The molecule has 1 aromatic carbocycles. The first-order chi connectivity index (χ1) is 7.33. The lowest BCUT2D eigenvalue weighted by Crippen LogP contribution is -2.19. The third-order valence-electron chi connectivity index (χ3n) is 2.46. The van der Waals surface area contributed by atoms with Gasteiger partial charge in [-0.1, -0.05) is 28.8 Å². The summed E-state index contributed by atoms with van der Waals surface area (Å²) in [6.45, 7) is 2.11. The van der Waals surface area contributed by atoms with E-state index in [1.807, 2.05) is 24.6 Å². The van der Waals surface area contributed by atoms with Crippen LogP contribution in [0.4, 0.5) is 0 Å². The maximum absolute atomic E-state index is 4.11. The van der Waals surface area contributed by atoms with E-state index in [4.69, 9.17) is 0 Å². The maximum Gasteiger partial charge on any atom is 0.0970 e. The molecule has 2 rings (SSSR count). The highest BCUT2D eigenvalue weighted by molar-refractivity contribution is 7.03. The van der Waals surface area contributed by atoms with Gasteiger partial charge in [0, 0.05) is 5.38 Å². The van der Waals surface area contributed by atoms with Gasteiger partial charge in [-0.25, -0.2) is 0 Å². The normalized spacial score (nSPS) is 12.7. The SMILES string of the molecule is CNC(c1csnn1)c1ccccc1C. The van der Waals surface area contributed by atoms with Gasteiger partial charge in [-0.3, -0.25) is 0 Å². The van der Waals surface area contributed by atoms with Crippen molar-refractivity contribution < 1.29 is 0 Å². The summed E-state index contributed by atoms with van der Waals surface area (Å²) in [5.41, 5.74) is 3.51. The predicted molar refractivity (Wildman–Crippen MR) is 62.0 cm³/mol. The fourth-order valence-electron chi connectivity index (χ4n) is 1.67. The van der Waals surface area contributed by atoms with E-state index in [-0.39, 0.29) is 6.04 Å². The second-order valence-corrected chi connectivity index (χ2v) is 4.02. The van der Waals surface area contributed by atoms with E-state index in [0.29, 0.717) is 0 Å². The predicted octanol–water partition coefficient (Wildman–Crippen LogP) is 2.16. The van der Waals surface area contributed by atoms with E-state index >= 15 is 0 Å². The van der Waals surface area contributed by atoms with Crippen LogP contribution >= 0.6 is 11.5 Å². The van der Waals surface area contributed by atoms with Crippen LogP contribution in [-0.2, 0) is 0 Å². The molecule has 78 valence electrons. The Morgan fingerprint density at radius 1 is 1.33 bits per heavy atom. The lowest BCUT2D eigenvalue weighted by molar-refractivity contribution is 0.664. The second kappa shape index (κ2) is 4.51. The average Bonchev–Trinajstić information content (AvgIpc) is 2.75. The third kappa shape index (κ3) is 2.06. The Balaban J connectivity index is 2.40. The topological polar surface area (TPSA) is 37.8 Å². The largest absolute Gasteiger partial charge is 0.308 e. The molecule has 0 fully saturated rings. The van der Waals surface area contributed by atoms with Gasteiger partial charge in [-0.2, -0.15) is 0 Å². The van der Waals surface area contributed by atoms with Crippen molar-refractivity contribution in [1.29, 1.82) is 0 Å². The fraction of sp³-hybridized carbons (Fsp3) is 0.273. The second-order valence-electron chi connectivity index (χ2n) is 3.41. The maximum atomic E-state index is 4.11. The van der Waals surface area contributed by atoms with E-state index in [9.17, 15) is 0 Å². The van der Waals surface area contributed by atoms with Gasteiger partial charge in [0.2, 0.25) is 0 Å². The monoisotopic (exact) mass is 219 g/mol. The van der Waals surface area contributed by atoms with Gasteiger partial charge in [0.05, 0.1) is 11.7 Å². The summed E-state index contributed by atoms with van der Waals surface area (Å²) in [6.07, 6.45) is 0. The number of hydrogen-bond donors (Lipinski definition) is 1. The smallest absolute Gasteiger partial charge is 0.0970 e. The molecule has 4 heteroatoms. The first-order valence-corrected chi connectivity index (χ1v) is 5.66. The van der Waals surface area contributed by atoms with Crippen molar-refractivity contribution in [1.82, 2.24) is 14.9 Å². The van der Waals surface area contributed by atoms with Crippen LogP contribution in [0.1, 0.15) is 22.9 Å². The van der Waals surface area contributed by atoms with Crippen LogP contribution in [-0.4, -0.2) is 16.6 Å². The van der Waals surface area contributed by atoms with Crippen LogP contribution in [0.3, 0.4) is 0 Å². The molecule has 0 bridgehead atoms. The zero-order valence-electron chi connectivity index (χ0n) is 8.77. The highest BCUT2D eigenvalue weighted by atomic mass is 32.1. The van der Waals surface area contributed by atoms with Crippen LogP contribution in [0.5, 0.6) is 0 Å². The van der Waals surface area contributed by atoms with Crippen LogP contribution in [0.25, 0.3) is 0 Å². The molecule has 1 atom stereocenters. The number of aromatic nitrogens is 2. The summed E-state index contributed by atoms with van der Waals surface area (Å²) in [5.74, 6) is 0. The Morgan fingerprint density at radius 2 is 2.13 bits per heavy atom. The molecule has 0 saturated carbocycles. The summed E-state index contributed by atoms with van der Waals surface area (Å²) < 4.78 is 3.90. The molecule has 0 aliphatic carbocycles. The van der Waals surface area contributed by atoms with E-state index in [2.05, 4.69) is 34.0 Å². The van der Waals surface area contributed by atoms with Crippen molar-refractivity contribution in [3.05, 3.63) is 46.5 Å². The number of hydrogen-bond acceptors (Lipinski definition) is 4. The molecule has 0 amide bonds. The molecule has 1 unspecified atom stereocenters. The van der Waals surface area contributed by atoms with Crippen LogP contribution in [0.15, 0.2) is 29.6 Å². The minimum atomic E-state index is 0.143. The van der Waals surface area contributed by atoms with Crippen molar-refractivity contribution in [3.8, 4) is 0 Å². The summed E-state index contributed by atoms with van der Waals surface area (Å²) >= 11 is 1.38. The van der Waals surface area contributed by atoms with Crippen molar-refractivity contribution in [2.24, 2.45) is 0 Å². The van der Waals surface area contributed by atoms with Gasteiger partial charge >= 0.3 is 0 Å². The first kappa shape index (κ1) is 10.3. The van der Waals surface area contributed by atoms with Crippen LogP contribution < -0.4 is 5.32 Å². The highest BCUT2D eigenvalue weighted by Crippen LogP contribution is 2.23. The molecule has 3 nitrogen and oxygen atoms in total. The molecule has 15 heavy (non-hydrogen) atoms. The number of aryl methyl sites for hydroxylation is 1. The van der Waals surface area contributed by atoms with Crippen LogP contribution in [0.2, 0.25) is 0 Å². The number of nitrogens with zero attached hydrogens (tertiary/aromatic N) is 2. The highest BCUT2D eigenvalue weighted by Gasteiger charge is 2.15. The van der Waals surface area contributed by atoms with E-state index in [1.54, 1.807) is 0 Å². The fourth-order valence-corrected chi connectivity index (χ4v) is 2.15. The molecule has 0 radical (unpaired) electrons. The lowest BCUT2D eigenvalue weighted by Gasteiger charge is -2.15. The minimum absolute atomic E-state index is 0.143. The molecule has 0 spiro atoms. The van der Waals surface area contributed by atoms with Gasteiger partial charge < -0.3 is 5.32 Å². The molecule has 1 aromatic heterocycles. The molecular formula is C11H13N3S. The van der Waals surface area contributed by atoms with E-state index in [1.165, 1.54) is 22.7 Å². The number of benzene rings is 1. The third-order valence-corrected chi connectivity index (χ3v) is 2.98. The Kier molecular flexibility index (Phi) is 3.08. The standard InChI is InChI=1S/C11H13N3S/c1-8-5-3-4-6-9(8)11(12-2)10-7-15-14-13-10/h3-7,11-12H,1-2H3. The molecule has 0 saturated heterocycles. The summed E-state index contributed by atoms with van der Waals surface area (Å²) in [5, 5.41) is 9.36. The van der Waals surface area contributed by atoms with Gasteiger partial charge in [0.1, 0.15) is 0 Å². The van der Waals surface area contributed by atoms with Gasteiger partial charge in [0.15, 0.2) is 0 Å². The molecule has 2 aromatic rings. The minimum Gasteiger partial charge on any atom is -0.308 e.